The molecule has 2 unspecified atom stereocenters. The number of ether oxygens (including phenoxy) is 2. The van der Waals surface area contributed by atoms with E-state index in [0.717, 1.165) is 24.5 Å². The van der Waals surface area contributed by atoms with Crippen LogP contribution in [0.5, 0.6) is 11.5 Å². The van der Waals surface area contributed by atoms with Gasteiger partial charge in [0.2, 0.25) is 0 Å². The van der Waals surface area contributed by atoms with Crippen LogP contribution < -0.4 is 14.8 Å². The number of hydrogen-bond acceptors (Lipinski definition) is 4. The summed E-state index contributed by atoms with van der Waals surface area (Å²) < 4.78 is 10.6. The van der Waals surface area contributed by atoms with Gasteiger partial charge in [-0.15, -0.1) is 0 Å². The van der Waals surface area contributed by atoms with Crippen LogP contribution in [0.25, 0.3) is 0 Å². The third-order valence-electron chi connectivity index (χ3n) is 3.45. The lowest BCUT2D eigenvalue weighted by Gasteiger charge is -2.22. The molecule has 0 saturated heterocycles. The fourth-order valence-electron chi connectivity index (χ4n) is 2.18. The summed E-state index contributed by atoms with van der Waals surface area (Å²) in [4.78, 5) is 2.21. The standard InChI is InChI=1S/C16H28N2O2/c1-12(9-10-18(3)4)17-13(2)14-7-8-15(19-5)16(11-14)20-6/h7-8,11-13,17H,9-10H2,1-6H3. The minimum atomic E-state index is 0.284. The number of rotatable bonds is 8. The highest BCUT2D eigenvalue weighted by Crippen LogP contribution is 2.30. The molecular weight excluding hydrogens is 252 g/mol. The largest absolute Gasteiger partial charge is 0.493 e. The zero-order valence-corrected chi connectivity index (χ0v) is 13.6. The average Bonchev–Trinajstić information content (AvgIpc) is 2.44. The molecular formula is C16H28N2O2. The Morgan fingerprint density at radius 3 is 2.30 bits per heavy atom. The Morgan fingerprint density at radius 1 is 1.10 bits per heavy atom. The summed E-state index contributed by atoms with van der Waals surface area (Å²) in [6.45, 7) is 5.49. The van der Waals surface area contributed by atoms with E-state index in [4.69, 9.17) is 9.47 Å². The van der Waals surface area contributed by atoms with Gasteiger partial charge < -0.3 is 19.7 Å². The maximum atomic E-state index is 5.35. The molecule has 0 aliphatic heterocycles. The highest BCUT2D eigenvalue weighted by molar-refractivity contribution is 5.43. The molecule has 1 rings (SSSR count). The van der Waals surface area contributed by atoms with Crippen molar-refractivity contribution in [3.8, 4) is 11.5 Å². The summed E-state index contributed by atoms with van der Waals surface area (Å²) in [5, 5.41) is 3.62. The van der Waals surface area contributed by atoms with E-state index in [1.807, 2.05) is 12.1 Å². The van der Waals surface area contributed by atoms with Crippen molar-refractivity contribution in [3.05, 3.63) is 23.8 Å². The van der Waals surface area contributed by atoms with Crippen LogP contribution in [0.4, 0.5) is 0 Å². The summed E-state index contributed by atoms with van der Waals surface area (Å²) in [5.74, 6) is 1.55. The smallest absolute Gasteiger partial charge is 0.161 e. The van der Waals surface area contributed by atoms with Crippen LogP contribution >= 0.6 is 0 Å². The van der Waals surface area contributed by atoms with Crippen molar-refractivity contribution in [1.29, 1.82) is 0 Å². The van der Waals surface area contributed by atoms with Crippen LogP contribution in [-0.4, -0.2) is 45.8 Å². The fourth-order valence-corrected chi connectivity index (χ4v) is 2.18. The zero-order valence-electron chi connectivity index (χ0n) is 13.6. The maximum Gasteiger partial charge on any atom is 0.161 e. The Hall–Kier alpha value is -1.26. The van der Waals surface area contributed by atoms with E-state index >= 15 is 0 Å². The van der Waals surface area contributed by atoms with Gasteiger partial charge in [-0.2, -0.15) is 0 Å². The number of benzene rings is 1. The predicted molar refractivity (Wildman–Crippen MR) is 83.7 cm³/mol. The molecule has 0 bridgehead atoms. The Labute approximate surface area is 123 Å². The molecule has 0 aliphatic carbocycles. The van der Waals surface area contributed by atoms with Crippen LogP contribution in [0, 0.1) is 0 Å². The molecule has 0 fully saturated rings. The molecule has 0 heterocycles. The predicted octanol–water partition coefficient (Wildman–Crippen LogP) is 2.69. The normalized spacial score (nSPS) is 14.2. The van der Waals surface area contributed by atoms with Crippen LogP contribution in [0.2, 0.25) is 0 Å². The molecule has 1 aromatic carbocycles. The van der Waals surface area contributed by atoms with Crippen LogP contribution in [-0.2, 0) is 0 Å². The van der Waals surface area contributed by atoms with Gasteiger partial charge in [-0.05, 0) is 58.6 Å². The monoisotopic (exact) mass is 280 g/mol. The second kappa shape index (κ2) is 8.12. The summed E-state index contributed by atoms with van der Waals surface area (Å²) in [7, 11) is 7.52. The first kappa shape index (κ1) is 16.8. The van der Waals surface area contributed by atoms with Gasteiger partial charge in [0.15, 0.2) is 11.5 Å². The minimum absolute atomic E-state index is 0.284. The van der Waals surface area contributed by atoms with Gasteiger partial charge in [0.25, 0.3) is 0 Å². The van der Waals surface area contributed by atoms with Crippen molar-refractivity contribution >= 4 is 0 Å². The lowest BCUT2D eigenvalue weighted by molar-refractivity contribution is 0.348. The number of hydrogen-bond donors (Lipinski definition) is 1. The van der Waals surface area contributed by atoms with E-state index in [-0.39, 0.29) is 6.04 Å². The van der Waals surface area contributed by atoms with E-state index in [1.165, 1.54) is 5.56 Å². The lowest BCUT2D eigenvalue weighted by Crippen LogP contribution is -2.31. The first-order valence-electron chi connectivity index (χ1n) is 7.10. The number of nitrogens with zero attached hydrogens (tertiary/aromatic N) is 1. The second-order valence-corrected chi connectivity index (χ2v) is 5.50. The summed E-state index contributed by atoms with van der Waals surface area (Å²) in [6.07, 6.45) is 1.13. The minimum Gasteiger partial charge on any atom is -0.493 e. The molecule has 20 heavy (non-hydrogen) atoms. The van der Waals surface area contributed by atoms with Crippen molar-refractivity contribution in [3.63, 3.8) is 0 Å². The summed E-state index contributed by atoms with van der Waals surface area (Å²) >= 11 is 0. The maximum absolute atomic E-state index is 5.35. The van der Waals surface area contributed by atoms with Crippen molar-refractivity contribution in [2.24, 2.45) is 0 Å². The van der Waals surface area contributed by atoms with Crippen molar-refractivity contribution < 1.29 is 9.47 Å². The first-order valence-corrected chi connectivity index (χ1v) is 7.10. The van der Waals surface area contributed by atoms with Gasteiger partial charge in [-0.3, -0.25) is 0 Å². The van der Waals surface area contributed by atoms with E-state index in [9.17, 15) is 0 Å². The Kier molecular flexibility index (Phi) is 6.82. The first-order chi connectivity index (χ1) is 9.47. The average molecular weight is 280 g/mol. The zero-order chi connectivity index (χ0) is 15.1. The molecule has 0 amide bonds. The van der Waals surface area contributed by atoms with Crippen molar-refractivity contribution in [2.75, 3.05) is 34.9 Å². The fraction of sp³-hybridized carbons (Fsp3) is 0.625. The SMILES string of the molecule is COc1ccc(C(C)NC(C)CCN(C)C)cc1OC. The van der Waals surface area contributed by atoms with E-state index in [1.54, 1.807) is 14.2 Å². The summed E-state index contributed by atoms with van der Waals surface area (Å²) in [5.41, 5.74) is 1.21. The van der Waals surface area contributed by atoms with E-state index < -0.39 is 0 Å². The third kappa shape index (κ3) is 5.02. The molecule has 4 nitrogen and oxygen atoms in total. The molecule has 0 radical (unpaired) electrons. The number of nitrogens with one attached hydrogen (secondary N) is 1. The molecule has 4 heteroatoms. The van der Waals surface area contributed by atoms with Crippen LogP contribution in [0.3, 0.4) is 0 Å². The molecule has 0 saturated carbocycles. The molecule has 0 aliphatic rings. The van der Waals surface area contributed by atoms with Crippen LogP contribution in [0.15, 0.2) is 18.2 Å². The molecule has 1 N–H and O–H groups in total. The van der Waals surface area contributed by atoms with Gasteiger partial charge in [0.1, 0.15) is 0 Å². The Balaban J connectivity index is 2.65. The Bertz CT molecular complexity index is 407. The third-order valence-corrected chi connectivity index (χ3v) is 3.45. The molecule has 114 valence electrons. The topological polar surface area (TPSA) is 33.7 Å². The van der Waals surface area contributed by atoms with Gasteiger partial charge in [-0.1, -0.05) is 6.07 Å². The number of methoxy groups -OCH3 is 2. The van der Waals surface area contributed by atoms with Gasteiger partial charge in [0, 0.05) is 12.1 Å². The van der Waals surface area contributed by atoms with Crippen molar-refractivity contribution in [1.82, 2.24) is 10.2 Å². The van der Waals surface area contributed by atoms with Crippen LogP contribution in [0.1, 0.15) is 31.9 Å². The summed E-state index contributed by atoms with van der Waals surface area (Å²) in [6, 6.07) is 6.83. The highest BCUT2D eigenvalue weighted by Gasteiger charge is 2.12. The quantitative estimate of drug-likeness (QED) is 0.794. The van der Waals surface area contributed by atoms with Gasteiger partial charge >= 0.3 is 0 Å². The molecule has 0 aromatic heterocycles. The van der Waals surface area contributed by atoms with Gasteiger partial charge in [0.05, 0.1) is 14.2 Å². The van der Waals surface area contributed by atoms with E-state index in [2.05, 4.69) is 44.2 Å². The molecule has 1 aromatic rings. The Morgan fingerprint density at radius 2 is 1.75 bits per heavy atom. The molecule has 0 spiro atoms. The van der Waals surface area contributed by atoms with Gasteiger partial charge in [-0.25, -0.2) is 0 Å². The lowest BCUT2D eigenvalue weighted by atomic mass is 10.1. The molecule has 2 atom stereocenters. The van der Waals surface area contributed by atoms with Crippen molar-refractivity contribution in [2.45, 2.75) is 32.4 Å². The van der Waals surface area contributed by atoms with E-state index in [0.29, 0.717) is 6.04 Å². The second-order valence-electron chi connectivity index (χ2n) is 5.50. The highest BCUT2D eigenvalue weighted by atomic mass is 16.5.